The van der Waals surface area contributed by atoms with E-state index in [1.807, 2.05) is 31.1 Å². The molecule has 0 fully saturated rings. The number of carbonyl (C=O) groups excluding carboxylic acids is 1. The molecule has 23 heavy (non-hydrogen) atoms. The number of rotatable bonds is 4. The van der Waals surface area contributed by atoms with Crippen molar-refractivity contribution in [3.8, 4) is 10.8 Å². The SMILES string of the molecule is CN(C)c1ccc(C(=O)Nc2nnc(-c3ccc(Cl)s3)o2)cc1. The van der Waals surface area contributed by atoms with E-state index < -0.39 is 0 Å². The molecule has 1 aromatic carbocycles. The predicted molar refractivity (Wildman–Crippen MR) is 91.3 cm³/mol. The van der Waals surface area contributed by atoms with Gasteiger partial charge in [0.25, 0.3) is 11.8 Å². The second-order valence-electron chi connectivity index (χ2n) is 4.91. The average Bonchev–Trinajstić information content (AvgIpc) is 3.16. The van der Waals surface area contributed by atoms with Crippen molar-refractivity contribution in [2.45, 2.75) is 0 Å². The zero-order valence-corrected chi connectivity index (χ0v) is 14.0. The van der Waals surface area contributed by atoms with Gasteiger partial charge >= 0.3 is 6.01 Å². The monoisotopic (exact) mass is 348 g/mol. The minimum atomic E-state index is -0.310. The van der Waals surface area contributed by atoms with E-state index in [1.165, 1.54) is 11.3 Å². The number of thiophene rings is 1. The first-order chi connectivity index (χ1) is 11.0. The molecular formula is C15H13ClN4O2S. The lowest BCUT2D eigenvalue weighted by Crippen LogP contribution is -2.13. The van der Waals surface area contributed by atoms with Gasteiger partial charge in [0.15, 0.2) is 0 Å². The summed E-state index contributed by atoms with van der Waals surface area (Å²) in [6.45, 7) is 0. The van der Waals surface area contributed by atoms with Crippen LogP contribution in [-0.2, 0) is 0 Å². The molecule has 0 atom stereocenters. The Morgan fingerprint density at radius 1 is 1.17 bits per heavy atom. The summed E-state index contributed by atoms with van der Waals surface area (Å²) in [5, 5.41) is 10.3. The predicted octanol–water partition coefficient (Wildman–Crippen LogP) is 3.77. The van der Waals surface area contributed by atoms with Crippen LogP contribution in [0.25, 0.3) is 10.8 Å². The first-order valence-corrected chi connectivity index (χ1v) is 7.90. The average molecular weight is 349 g/mol. The van der Waals surface area contributed by atoms with Gasteiger partial charge in [0, 0.05) is 25.3 Å². The van der Waals surface area contributed by atoms with Crippen LogP contribution in [-0.4, -0.2) is 30.2 Å². The van der Waals surface area contributed by atoms with Crippen LogP contribution in [0.15, 0.2) is 40.8 Å². The summed E-state index contributed by atoms with van der Waals surface area (Å²) in [6.07, 6.45) is 0. The second-order valence-corrected chi connectivity index (χ2v) is 6.63. The van der Waals surface area contributed by atoms with E-state index >= 15 is 0 Å². The van der Waals surface area contributed by atoms with Gasteiger partial charge in [0.05, 0.1) is 9.21 Å². The molecule has 0 bridgehead atoms. The van der Waals surface area contributed by atoms with Crippen molar-refractivity contribution in [3.05, 3.63) is 46.3 Å². The highest BCUT2D eigenvalue weighted by Crippen LogP contribution is 2.30. The molecule has 0 aliphatic carbocycles. The lowest BCUT2D eigenvalue weighted by Gasteiger charge is -2.12. The fraction of sp³-hybridized carbons (Fsp3) is 0.133. The van der Waals surface area contributed by atoms with Crippen LogP contribution in [0.5, 0.6) is 0 Å². The van der Waals surface area contributed by atoms with Crippen LogP contribution in [0.4, 0.5) is 11.7 Å². The van der Waals surface area contributed by atoms with Crippen LogP contribution in [0.3, 0.4) is 0 Å². The Labute approximate surface area is 141 Å². The number of benzene rings is 1. The largest absolute Gasteiger partial charge is 0.402 e. The molecule has 1 amide bonds. The van der Waals surface area contributed by atoms with E-state index in [2.05, 4.69) is 15.5 Å². The van der Waals surface area contributed by atoms with Gasteiger partial charge in [-0.05, 0) is 36.4 Å². The van der Waals surface area contributed by atoms with E-state index in [0.29, 0.717) is 15.8 Å². The molecule has 3 rings (SSSR count). The first-order valence-electron chi connectivity index (χ1n) is 6.71. The van der Waals surface area contributed by atoms with Crippen LogP contribution >= 0.6 is 22.9 Å². The van der Waals surface area contributed by atoms with Gasteiger partial charge < -0.3 is 9.32 Å². The van der Waals surface area contributed by atoms with Crippen molar-refractivity contribution < 1.29 is 9.21 Å². The lowest BCUT2D eigenvalue weighted by molar-refractivity contribution is 0.102. The summed E-state index contributed by atoms with van der Waals surface area (Å²) in [4.78, 5) is 14.9. The highest BCUT2D eigenvalue weighted by molar-refractivity contribution is 7.19. The molecule has 0 saturated heterocycles. The standard InChI is InChI=1S/C15H13ClN4O2S/c1-20(2)10-5-3-9(4-6-10)13(21)17-15-19-18-14(22-15)11-7-8-12(16)23-11/h3-8H,1-2H3,(H,17,19,21). The minimum Gasteiger partial charge on any atom is -0.402 e. The number of anilines is 2. The Morgan fingerprint density at radius 2 is 1.91 bits per heavy atom. The molecule has 2 aromatic heterocycles. The zero-order chi connectivity index (χ0) is 16.4. The van der Waals surface area contributed by atoms with Crippen LogP contribution in [0, 0.1) is 0 Å². The van der Waals surface area contributed by atoms with Crippen molar-refractivity contribution >= 4 is 40.5 Å². The summed E-state index contributed by atoms with van der Waals surface area (Å²) in [6, 6.07) is 10.8. The first kappa shape index (κ1) is 15.5. The molecule has 0 saturated carbocycles. The number of hydrogen-bond donors (Lipinski definition) is 1. The molecular weight excluding hydrogens is 336 g/mol. The van der Waals surface area contributed by atoms with Crippen molar-refractivity contribution in [1.82, 2.24) is 10.2 Å². The third kappa shape index (κ3) is 3.52. The number of aromatic nitrogens is 2. The van der Waals surface area contributed by atoms with Gasteiger partial charge in [-0.1, -0.05) is 16.7 Å². The highest BCUT2D eigenvalue weighted by atomic mass is 35.5. The van der Waals surface area contributed by atoms with E-state index in [9.17, 15) is 4.79 Å². The van der Waals surface area contributed by atoms with Crippen molar-refractivity contribution in [2.24, 2.45) is 0 Å². The molecule has 0 aliphatic rings. The zero-order valence-electron chi connectivity index (χ0n) is 12.4. The summed E-state index contributed by atoms with van der Waals surface area (Å²) in [5.74, 6) is 0.00914. The maximum atomic E-state index is 12.2. The Bertz CT molecular complexity index is 826. The van der Waals surface area contributed by atoms with Gasteiger partial charge in [-0.3, -0.25) is 10.1 Å². The summed E-state index contributed by atoms with van der Waals surface area (Å²) in [7, 11) is 3.87. The number of halogens is 1. The van der Waals surface area contributed by atoms with Crippen molar-refractivity contribution in [2.75, 3.05) is 24.3 Å². The molecule has 0 radical (unpaired) electrons. The molecule has 1 N–H and O–H groups in total. The summed E-state index contributed by atoms with van der Waals surface area (Å²) >= 11 is 7.20. The second kappa shape index (κ2) is 6.39. The molecule has 0 unspecified atom stereocenters. The highest BCUT2D eigenvalue weighted by Gasteiger charge is 2.14. The Kier molecular flexibility index (Phi) is 4.31. The van der Waals surface area contributed by atoms with Gasteiger partial charge in [0.1, 0.15) is 0 Å². The van der Waals surface area contributed by atoms with Crippen molar-refractivity contribution in [1.29, 1.82) is 0 Å². The lowest BCUT2D eigenvalue weighted by atomic mass is 10.2. The molecule has 3 aromatic rings. The van der Waals surface area contributed by atoms with Gasteiger partial charge in [0.2, 0.25) is 0 Å². The van der Waals surface area contributed by atoms with Crippen LogP contribution < -0.4 is 10.2 Å². The van der Waals surface area contributed by atoms with Crippen molar-refractivity contribution in [3.63, 3.8) is 0 Å². The third-order valence-electron chi connectivity index (χ3n) is 3.08. The summed E-state index contributed by atoms with van der Waals surface area (Å²) in [5.41, 5.74) is 1.52. The fourth-order valence-corrected chi connectivity index (χ4v) is 2.85. The van der Waals surface area contributed by atoms with Crippen LogP contribution in [0.2, 0.25) is 4.34 Å². The number of nitrogens with one attached hydrogen (secondary N) is 1. The molecule has 118 valence electrons. The Hall–Kier alpha value is -2.38. The molecule has 0 spiro atoms. The van der Waals surface area contributed by atoms with Gasteiger partial charge in [-0.2, -0.15) is 0 Å². The molecule has 6 nitrogen and oxygen atoms in total. The maximum Gasteiger partial charge on any atom is 0.322 e. The van der Waals surface area contributed by atoms with E-state index in [-0.39, 0.29) is 11.9 Å². The fourth-order valence-electron chi connectivity index (χ4n) is 1.88. The van der Waals surface area contributed by atoms with E-state index in [1.54, 1.807) is 24.3 Å². The van der Waals surface area contributed by atoms with Gasteiger partial charge in [-0.25, -0.2) is 0 Å². The maximum absolute atomic E-state index is 12.2. The smallest absolute Gasteiger partial charge is 0.322 e. The third-order valence-corrected chi connectivity index (χ3v) is 4.29. The molecule has 0 aliphatic heterocycles. The number of amides is 1. The minimum absolute atomic E-state index is 0.0474. The Morgan fingerprint density at radius 3 is 2.52 bits per heavy atom. The molecule has 2 heterocycles. The van der Waals surface area contributed by atoms with Crippen LogP contribution in [0.1, 0.15) is 10.4 Å². The Balaban J connectivity index is 1.72. The summed E-state index contributed by atoms with van der Waals surface area (Å²) < 4.78 is 6.06. The van der Waals surface area contributed by atoms with Gasteiger partial charge in [-0.15, -0.1) is 16.4 Å². The van der Waals surface area contributed by atoms with E-state index in [0.717, 1.165) is 10.6 Å². The normalized spacial score (nSPS) is 10.6. The van der Waals surface area contributed by atoms with E-state index in [4.69, 9.17) is 16.0 Å². The topological polar surface area (TPSA) is 71.3 Å². The number of carbonyl (C=O) groups is 1. The molecule has 8 heteroatoms. The quantitative estimate of drug-likeness (QED) is 0.777. The number of hydrogen-bond acceptors (Lipinski definition) is 6. The number of nitrogens with zero attached hydrogens (tertiary/aromatic N) is 3.